The van der Waals surface area contributed by atoms with Crippen LogP contribution >= 0.6 is 0 Å². The van der Waals surface area contributed by atoms with Gasteiger partial charge in [0.15, 0.2) is 5.96 Å². The number of likely N-dealkylation sites (tertiary alicyclic amines) is 1. The number of aryl methyl sites for hydroxylation is 1. The van der Waals surface area contributed by atoms with Crippen LogP contribution in [-0.2, 0) is 11.3 Å². The third-order valence-electron chi connectivity index (χ3n) is 4.76. The van der Waals surface area contributed by atoms with Crippen LogP contribution in [0.15, 0.2) is 23.2 Å². The van der Waals surface area contributed by atoms with Crippen molar-refractivity contribution in [2.75, 3.05) is 33.3 Å². The summed E-state index contributed by atoms with van der Waals surface area (Å²) in [4.78, 5) is 18.7. The number of rotatable bonds is 8. The quantitative estimate of drug-likeness (QED) is 0.417. The molecule has 0 spiro atoms. The highest BCUT2D eigenvalue weighted by molar-refractivity contribution is 5.79. The average Bonchev–Trinajstić information content (AvgIpc) is 2.87. The molecule has 0 atom stereocenters. The second-order valence-electron chi connectivity index (χ2n) is 6.98. The molecule has 1 aromatic carbocycles. The Bertz CT molecular complexity index is 631. The number of carbonyl (C=O) groups excluding carboxylic acids is 1. The summed E-state index contributed by atoms with van der Waals surface area (Å²) >= 11 is 0. The van der Waals surface area contributed by atoms with E-state index in [0.717, 1.165) is 62.7 Å². The van der Waals surface area contributed by atoms with Crippen molar-refractivity contribution in [3.8, 4) is 5.75 Å². The summed E-state index contributed by atoms with van der Waals surface area (Å²) in [7, 11) is 1.69. The molecule has 1 saturated heterocycles. The number of guanidine groups is 1. The Hall–Kier alpha value is -2.24. The van der Waals surface area contributed by atoms with Crippen LogP contribution in [0.2, 0.25) is 0 Å². The molecule has 0 saturated carbocycles. The minimum absolute atomic E-state index is 0.305. The predicted molar refractivity (Wildman–Crippen MR) is 110 cm³/mol. The number of nitrogens with zero attached hydrogens (tertiary/aromatic N) is 2. The van der Waals surface area contributed by atoms with Gasteiger partial charge in [0.25, 0.3) is 0 Å². The maximum atomic E-state index is 12.0. The third kappa shape index (κ3) is 7.12. The van der Waals surface area contributed by atoms with E-state index in [-0.39, 0.29) is 0 Å². The second kappa shape index (κ2) is 11.5. The van der Waals surface area contributed by atoms with E-state index in [1.54, 1.807) is 7.11 Å². The van der Waals surface area contributed by atoms with Gasteiger partial charge in [-0.1, -0.05) is 18.6 Å². The van der Waals surface area contributed by atoms with Crippen LogP contribution in [-0.4, -0.2) is 50.1 Å². The Balaban J connectivity index is 1.84. The van der Waals surface area contributed by atoms with Crippen LogP contribution < -0.4 is 15.4 Å². The second-order valence-corrected chi connectivity index (χ2v) is 6.98. The highest BCUT2D eigenvalue weighted by atomic mass is 16.5. The fraction of sp³-hybridized carbons (Fsp3) is 0.619. The molecular formula is C21H34N4O2. The number of benzene rings is 1. The van der Waals surface area contributed by atoms with Crippen molar-refractivity contribution in [1.82, 2.24) is 15.5 Å². The summed E-state index contributed by atoms with van der Waals surface area (Å²) in [5, 5.41) is 6.65. The average molecular weight is 375 g/mol. The maximum Gasteiger partial charge on any atom is 0.222 e. The molecule has 1 heterocycles. The van der Waals surface area contributed by atoms with E-state index in [1.165, 1.54) is 12.0 Å². The van der Waals surface area contributed by atoms with Gasteiger partial charge in [-0.3, -0.25) is 4.79 Å². The fourth-order valence-electron chi connectivity index (χ4n) is 3.24. The monoisotopic (exact) mass is 374 g/mol. The predicted octanol–water partition coefficient (Wildman–Crippen LogP) is 2.85. The fourth-order valence-corrected chi connectivity index (χ4v) is 3.24. The Morgan fingerprint density at radius 2 is 2.11 bits per heavy atom. The van der Waals surface area contributed by atoms with Gasteiger partial charge >= 0.3 is 0 Å². The largest absolute Gasteiger partial charge is 0.496 e. The summed E-state index contributed by atoms with van der Waals surface area (Å²) in [6, 6.07) is 6.17. The summed E-state index contributed by atoms with van der Waals surface area (Å²) in [5.74, 6) is 1.97. The van der Waals surface area contributed by atoms with Gasteiger partial charge in [0.05, 0.1) is 13.7 Å². The topological polar surface area (TPSA) is 66.0 Å². The molecule has 0 aromatic heterocycles. The van der Waals surface area contributed by atoms with Crippen molar-refractivity contribution in [3.05, 3.63) is 29.3 Å². The molecular weight excluding hydrogens is 340 g/mol. The van der Waals surface area contributed by atoms with E-state index in [1.807, 2.05) is 11.0 Å². The lowest BCUT2D eigenvalue weighted by Gasteiger charge is -2.20. The number of methoxy groups -OCH3 is 1. The van der Waals surface area contributed by atoms with Gasteiger partial charge in [-0.2, -0.15) is 0 Å². The van der Waals surface area contributed by atoms with Crippen LogP contribution in [0.3, 0.4) is 0 Å². The smallest absolute Gasteiger partial charge is 0.222 e. The van der Waals surface area contributed by atoms with E-state index in [4.69, 9.17) is 4.74 Å². The van der Waals surface area contributed by atoms with E-state index in [0.29, 0.717) is 18.9 Å². The molecule has 1 fully saturated rings. The zero-order valence-corrected chi connectivity index (χ0v) is 17.0. The molecule has 27 heavy (non-hydrogen) atoms. The minimum Gasteiger partial charge on any atom is -0.496 e. The van der Waals surface area contributed by atoms with E-state index in [9.17, 15) is 4.79 Å². The molecule has 6 nitrogen and oxygen atoms in total. The van der Waals surface area contributed by atoms with Gasteiger partial charge in [-0.05, 0) is 44.7 Å². The number of ether oxygens (including phenoxy) is 1. The van der Waals surface area contributed by atoms with Crippen LogP contribution in [0.1, 0.15) is 50.2 Å². The van der Waals surface area contributed by atoms with Crippen molar-refractivity contribution in [3.63, 3.8) is 0 Å². The van der Waals surface area contributed by atoms with Gasteiger partial charge in [0.2, 0.25) is 5.91 Å². The molecule has 2 N–H and O–H groups in total. The zero-order chi connectivity index (χ0) is 19.5. The SMILES string of the molecule is CCNC(=NCc1ccc(C)cc1OC)NCCCN1CCCCCC1=O. The van der Waals surface area contributed by atoms with E-state index < -0.39 is 0 Å². The molecule has 6 heteroatoms. The Morgan fingerprint density at radius 3 is 2.89 bits per heavy atom. The van der Waals surface area contributed by atoms with Crippen molar-refractivity contribution in [2.45, 2.75) is 52.5 Å². The summed E-state index contributed by atoms with van der Waals surface area (Å²) in [5.41, 5.74) is 2.24. The first-order valence-electron chi connectivity index (χ1n) is 10.1. The molecule has 1 aromatic rings. The minimum atomic E-state index is 0.305. The van der Waals surface area contributed by atoms with Gasteiger partial charge < -0.3 is 20.3 Å². The lowest BCUT2D eigenvalue weighted by Crippen LogP contribution is -2.39. The van der Waals surface area contributed by atoms with E-state index >= 15 is 0 Å². The van der Waals surface area contributed by atoms with Gasteiger partial charge in [-0.15, -0.1) is 0 Å². The van der Waals surface area contributed by atoms with E-state index in [2.05, 4.69) is 41.6 Å². The molecule has 0 aliphatic carbocycles. The summed E-state index contributed by atoms with van der Waals surface area (Å²) in [6.45, 7) is 7.98. The van der Waals surface area contributed by atoms with Gasteiger partial charge in [-0.25, -0.2) is 4.99 Å². The first-order chi connectivity index (χ1) is 13.1. The first kappa shape index (κ1) is 21.1. The van der Waals surface area contributed by atoms with Gasteiger partial charge in [0.1, 0.15) is 5.75 Å². The molecule has 1 amide bonds. The maximum absolute atomic E-state index is 12.0. The molecule has 0 radical (unpaired) electrons. The van der Waals surface area contributed by atoms with Crippen molar-refractivity contribution in [1.29, 1.82) is 0 Å². The molecule has 1 aliphatic rings. The Kier molecular flexibility index (Phi) is 8.95. The number of nitrogens with one attached hydrogen (secondary N) is 2. The van der Waals surface area contributed by atoms with Crippen LogP contribution in [0.4, 0.5) is 0 Å². The number of aliphatic imine (C=N–C) groups is 1. The van der Waals surface area contributed by atoms with Crippen molar-refractivity contribution in [2.24, 2.45) is 4.99 Å². The molecule has 0 bridgehead atoms. The molecule has 1 aliphatic heterocycles. The summed E-state index contributed by atoms with van der Waals surface area (Å²) < 4.78 is 5.46. The molecule has 150 valence electrons. The lowest BCUT2D eigenvalue weighted by atomic mass is 10.1. The molecule has 0 unspecified atom stereocenters. The van der Waals surface area contributed by atoms with Crippen LogP contribution in [0.5, 0.6) is 5.75 Å². The lowest BCUT2D eigenvalue weighted by molar-refractivity contribution is -0.130. The van der Waals surface area contributed by atoms with Gasteiger partial charge in [0, 0.05) is 38.2 Å². The number of amides is 1. The molecule has 2 rings (SSSR count). The Labute approximate surface area is 163 Å². The first-order valence-corrected chi connectivity index (χ1v) is 10.1. The highest BCUT2D eigenvalue weighted by Crippen LogP contribution is 2.20. The Morgan fingerprint density at radius 1 is 1.26 bits per heavy atom. The zero-order valence-electron chi connectivity index (χ0n) is 17.0. The normalized spacial score (nSPS) is 15.4. The van der Waals surface area contributed by atoms with Crippen molar-refractivity contribution < 1.29 is 9.53 Å². The van der Waals surface area contributed by atoms with Crippen LogP contribution in [0.25, 0.3) is 0 Å². The third-order valence-corrected chi connectivity index (χ3v) is 4.76. The van der Waals surface area contributed by atoms with Crippen molar-refractivity contribution >= 4 is 11.9 Å². The van der Waals surface area contributed by atoms with Crippen LogP contribution in [0, 0.1) is 6.92 Å². The number of hydrogen-bond acceptors (Lipinski definition) is 3. The standard InChI is InChI=1S/C21H34N4O2/c1-4-22-21(24-16-18-11-10-17(2)15-19(18)27-3)23-12-8-14-25-13-7-5-6-9-20(25)26/h10-11,15H,4-9,12-14,16H2,1-3H3,(H2,22,23,24). The summed E-state index contributed by atoms with van der Waals surface area (Å²) in [6.07, 6.45) is 4.95. The number of carbonyl (C=O) groups is 1. The highest BCUT2D eigenvalue weighted by Gasteiger charge is 2.15. The number of hydrogen-bond donors (Lipinski definition) is 2.